The Hall–Kier alpha value is -2.48. The first kappa shape index (κ1) is 16.4. The third-order valence-corrected chi connectivity index (χ3v) is 4.09. The number of aromatic nitrogens is 2. The minimum atomic E-state index is -1.20. The topological polar surface area (TPSA) is 34.9 Å². The summed E-state index contributed by atoms with van der Waals surface area (Å²) in [6.45, 7) is 0. The minimum Gasteiger partial charge on any atom is -0.298 e. The van der Waals surface area contributed by atoms with Gasteiger partial charge in [0.05, 0.1) is 5.56 Å². The van der Waals surface area contributed by atoms with Gasteiger partial charge in [-0.2, -0.15) is 5.10 Å². The maximum absolute atomic E-state index is 14.0. The number of hydrogen-bond donors (Lipinski definition) is 0. The number of benzene rings is 2. The predicted molar refractivity (Wildman–Crippen MR) is 81.9 cm³/mol. The van der Waals surface area contributed by atoms with Gasteiger partial charge >= 0.3 is 0 Å². The fraction of sp³-hybridized carbons (Fsp3) is 0. The molecule has 0 fully saturated rings. The van der Waals surface area contributed by atoms with Crippen LogP contribution in [0.4, 0.5) is 17.6 Å². The van der Waals surface area contributed by atoms with Crippen LogP contribution in [-0.2, 0) is 0 Å². The second-order valence-electron chi connectivity index (χ2n) is 4.78. The summed E-state index contributed by atoms with van der Waals surface area (Å²) in [7, 11) is 0. The van der Waals surface area contributed by atoms with Crippen molar-refractivity contribution in [3.05, 3.63) is 69.8 Å². The molecule has 1 aromatic heterocycles. The van der Waals surface area contributed by atoms with Crippen LogP contribution in [0.15, 0.2) is 41.0 Å². The summed E-state index contributed by atoms with van der Waals surface area (Å²) in [5.74, 6) is -3.84. The molecule has 0 aliphatic carbocycles. The lowest BCUT2D eigenvalue weighted by Crippen LogP contribution is -2.01. The SMILES string of the molecule is O=Cc1c(-c2cccc(F)c2F)nn(-c2cc(F)ccc2F)c1Br. The van der Waals surface area contributed by atoms with Gasteiger partial charge in [0.25, 0.3) is 0 Å². The summed E-state index contributed by atoms with van der Waals surface area (Å²) in [4.78, 5) is 11.3. The number of hydrogen-bond acceptors (Lipinski definition) is 2. The third-order valence-electron chi connectivity index (χ3n) is 3.32. The molecule has 0 amide bonds. The van der Waals surface area contributed by atoms with E-state index in [1.807, 2.05) is 0 Å². The molecule has 122 valence electrons. The standard InChI is InChI=1S/C16H7BrF4N2O/c17-16-10(7-24)15(9-2-1-3-12(20)14(9)21)22-23(16)13-6-8(18)4-5-11(13)19/h1-7H. The van der Waals surface area contributed by atoms with Gasteiger partial charge in [0.1, 0.15) is 27.6 Å². The van der Waals surface area contributed by atoms with Gasteiger partial charge in [0.15, 0.2) is 17.9 Å². The quantitative estimate of drug-likeness (QED) is 0.474. The van der Waals surface area contributed by atoms with Crippen molar-refractivity contribution >= 4 is 22.2 Å². The molecule has 0 spiro atoms. The molecule has 0 saturated heterocycles. The first-order valence-corrected chi connectivity index (χ1v) is 7.37. The summed E-state index contributed by atoms with van der Waals surface area (Å²) >= 11 is 3.06. The van der Waals surface area contributed by atoms with Gasteiger partial charge in [-0.15, -0.1) is 0 Å². The lowest BCUT2D eigenvalue weighted by atomic mass is 10.1. The van der Waals surface area contributed by atoms with E-state index >= 15 is 0 Å². The molecule has 3 aromatic rings. The molecule has 0 radical (unpaired) electrons. The van der Waals surface area contributed by atoms with Crippen molar-refractivity contribution in [3.63, 3.8) is 0 Å². The lowest BCUT2D eigenvalue weighted by molar-refractivity contribution is 0.112. The second-order valence-corrected chi connectivity index (χ2v) is 5.53. The number of rotatable bonds is 3. The number of carbonyl (C=O) groups excluding carboxylic acids is 1. The van der Waals surface area contributed by atoms with E-state index in [9.17, 15) is 22.4 Å². The Morgan fingerprint density at radius 3 is 2.50 bits per heavy atom. The van der Waals surface area contributed by atoms with Crippen LogP contribution >= 0.6 is 15.9 Å². The fourth-order valence-corrected chi connectivity index (χ4v) is 2.76. The van der Waals surface area contributed by atoms with E-state index in [0.29, 0.717) is 6.29 Å². The van der Waals surface area contributed by atoms with Crippen LogP contribution in [0.5, 0.6) is 0 Å². The minimum absolute atomic E-state index is 0.0133. The van der Waals surface area contributed by atoms with E-state index < -0.39 is 23.3 Å². The molecule has 0 saturated carbocycles. The second kappa shape index (κ2) is 6.20. The molecule has 3 rings (SSSR count). The van der Waals surface area contributed by atoms with Crippen molar-refractivity contribution in [3.8, 4) is 16.9 Å². The highest BCUT2D eigenvalue weighted by Crippen LogP contribution is 2.32. The fourth-order valence-electron chi connectivity index (χ4n) is 2.21. The van der Waals surface area contributed by atoms with Crippen molar-refractivity contribution in [1.29, 1.82) is 0 Å². The average Bonchev–Trinajstić information content (AvgIpc) is 2.88. The Balaban J connectivity index is 2.29. The van der Waals surface area contributed by atoms with E-state index in [2.05, 4.69) is 21.0 Å². The van der Waals surface area contributed by atoms with Crippen LogP contribution in [0.1, 0.15) is 10.4 Å². The molecular formula is C16H7BrF4N2O. The molecule has 0 unspecified atom stereocenters. The number of aldehydes is 1. The third kappa shape index (κ3) is 2.62. The highest BCUT2D eigenvalue weighted by atomic mass is 79.9. The summed E-state index contributed by atoms with van der Waals surface area (Å²) in [6, 6.07) is 6.07. The van der Waals surface area contributed by atoms with Crippen molar-refractivity contribution in [2.75, 3.05) is 0 Å². The van der Waals surface area contributed by atoms with Gasteiger partial charge in [0, 0.05) is 11.6 Å². The maximum Gasteiger partial charge on any atom is 0.168 e. The predicted octanol–water partition coefficient (Wildman–Crippen LogP) is 4.67. The molecule has 2 aromatic carbocycles. The normalized spacial score (nSPS) is 10.9. The number of carbonyl (C=O) groups is 1. The molecule has 0 N–H and O–H groups in total. The van der Waals surface area contributed by atoms with Crippen LogP contribution in [0.3, 0.4) is 0 Å². The smallest absolute Gasteiger partial charge is 0.168 e. The Bertz CT molecular complexity index is 955. The molecule has 0 aliphatic heterocycles. The lowest BCUT2D eigenvalue weighted by Gasteiger charge is -2.05. The highest BCUT2D eigenvalue weighted by molar-refractivity contribution is 9.10. The Morgan fingerprint density at radius 2 is 1.79 bits per heavy atom. The van der Waals surface area contributed by atoms with Gasteiger partial charge in [-0.05, 0) is 40.2 Å². The molecular weight excluding hydrogens is 392 g/mol. The van der Waals surface area contributed by atoms with Crippen LogP contribution in [-0.4, -0.2) is 16.1 Å². The molecule has 0 aliphatic rings. The van der Waals surface area contributed by atoms with E-state index in [1.54, 1.807) is 0 Å². The maximum atomic E-state index is 14.0. The summed E-state index contributed by atoms with van der Waals surface area (Å²) in [6.07, 6.45) is 0.366. The van der Waals surface area contributed by atoms with Crippen molar-refractivity contribution in [1.82, 2.24) is 9.78 Å². The zero-order chi connectivity index (χ0) is 17.4. The zero-order valence-electron chi connectivity index (χ0n) is 11.7. The summed E-state index contributed by atoms with van der Waals surface area (Å²) < 4.78 is 55.7. The van der Waals surface area contributed by atoms with Gasteiger partial charge in [-0.25, -0.2) is 22.2 Å². The summed E-state index contributed by atoms with van der Waals surface area (Å²) in [5, 5.41) is 3.95. The molecule has 24 heavy (non-hydrogen) atoms. The highest BCUT2D eigenvalue weighted by Gasteiger charge is 2.23. The van der Waals surface area contributed by atoms with E-state index in [-0.39, 0.29) is 27.1 Å². The van der Waals surface area contributed by atoms with Crippen LogP contribution in [0.25, 0.3) is 16.9 Å². The van der Waals surface area contributed by atoms with E-state index in [0.717, 1.165) is 28.9 Å². The van der Waals surface area contributed by atoms with Crippen LogP contribution in [0.2, 0.25) is 0 Å². The Labute approximate surface area is 141 Å². The monoisotopic (exact) mass is 398 g/mol. The van der Waals surface area contributed by atoms with E-state index in [4.69, 9.17) is 0 Å². The Morgan fingerprint density at radius 1 is 1.04 bits per heavy atom. The van der Waals surface area contributed by atoms with Gasteiger partial charge in [0.2, 0.25) is 0 Å². The van der Waals surface area contributed by atoms with Crippen LogP contribution in [0, 0.1) is 23.3 Å². The van der Waals surface area contributed by atoms with Gasteiger partial charge in [-0.1, -0.05) is 6.07 Å². The molecule has 3 nitrogen and oxygen atoms in total. The number of halogens is 5. The molecule has 0 atom stereocenters. The zero-order valence-corrected chi connectivity index (χ0v) is 13.3. The van der Waals surface area contributed by atoms with Crippen molar-refractivity contribution in [2.45, 2.75) is 0 Å². The molecule has 1 heterocycles. The Kier molecular flexibility index (Phi) is 4.23. The summed E-state index contributed by atoms with van der Waals surface area (Å²) in [5.41, 5.74) is -0.873. The molecule has 0 bridgehead atoms. The molecule has 8 heteroatoms. The van der Waals surface area contributed by atoms with Gasteiger partial charge < -0.3 is 0 Å². The van der Waals surface area contributed by atoms with Gasteiger partial charge in [-0.3, -0.25) is 4.79 Å². The van der Waals surface area contributed by atoms with Crippen molar-refractivity contribution < 1.29 is 22.4 Å². The number of nitrogens with zero attached hydrogens (tertiary/aromatic N) is 2. The average molecular weight is 399 g/mol. The van der Waals surface area contributed by atoms with E-state index in [1.165, 1.54) is 12.1 Å². The van der Waals surface area contributed by atoms with Crippen molar-refractivity contribution in [2.24, 2.45) is 0 Å². The van der Waals surface area contributed by atoms with Crippen LogP contribution < -0.4 is 0 Å². The largest absolute Gasteiger partial charge is 0.298 e. The first-order valence-electron chi connectivity index (χ1n) is 6.57. The first-order chi connectivity index (χ1) is 11.4.